The summed E-state index contributed by atoms with van der Waals surface area (Å²) in [5.41, 5.74) is 6.46. The highest BCUT2D eigenvalue weighted by atomic mass is 32.1. The summed E-state index contributed by atoms with van der Waals surface area (Å²) in [6.07, 6.45) is 5.22. The Bertz CT molecular complexity index is 812. The zero-order chi connectivity index (χ0) is 15.6. The predicted molar refractivity (Wildman–Crippen MR) is 87.6 cm³/mol. The fourth-order valence-corrected chi connectivity index (χ4v) is 3.16. The molecule has 3 aromatic rings. The number of fused-ring (bicyclic) bond motifs is 1. The molecule has 0 aliphatic rings. The Morgan fingerprint density at radius 2 is 2.41 bits per heavy atom. The average Bonchev–Trinajstić information content (AvgIpc) is 3.15. The third kappa shape index (κ3) is 2.93. The van der Waals surface area contributed by atoms with Crippen LogP contribution in [0.4, 0.5) is 5.82 Å². The number of pyridine rings is 1. The minimum atomic E-state index is -0.467. The second-order valence-corrected chi connectivity index (χ2v) is 6.42. The van der Waals surface area contributed by atoms with E-state index in [0.29, 0.717) is 18.7 Å². The molecule has 3 N–H and O–H groups in total. The number of nitrogens with two attached hydrogens (primary N) is 1. The van der Waals surface area contributed by atoms with Crippen molar-refractivity contribution in [3.8, 4) is 6.07 Å². The average molecular weight is 312 g/mol. The monoisotopic (exact) mass is 312 g/mol. The van der Waals surface area contributed by atoms with E-state index in [0.717, 1.165) is 15.9 Å². The number of anilines is 1. The molecule has 3 aromatic heterocycles. The topological polar surface area (TPSA) is 92.5 Å². The highest BCUT2D eigenvalue weighted by Gasteiger charge is 2.20. The summed E-state index contributed by atoms with van der Waals surface area (Å²) in [4.78, 5) is 4.35. The molecule has 0 aliphatic carbocycles. The van der Waals surface area contributed by atoms with Crippen LogP contribution in [0, 0.1) is 11.3 Å². The Morgan fingerprint density at radius 1 is 1.55 bits per heavy atom. The van der Waals surface area contributed by atoms with Crippen LogP contribution in [0.25, 0.3) is 10.1 Å². The largest absolute Gasteiger partial charge is 0.367 e. The van der Waals surface area contributed by atoms with Crippen molar-refractivity contribution in [2.75, 3.05) is 11.9 Å². The maximum absolute atomic E-state index is 9.11. The van der Waals surface area contributed by atoms with Crippen LogP contribution in [0.3, 0.4) is 0 Å². The van der Waals surface area contributed by atoms with Gasteiger partial charge in [-0.1, -0.05) is 0 Å². The number of rotatable bonds is 5. The van der Waals surface area contributed by atoms with Crippen molar-refractivity contribution in [1.29, 1.82) is 5.26 Å². The lowest BCUT2D eigenvalue weighted by Crippen LogP contribution is -2.47. The molecule has 0 aliphatic heterocycles. The molecule has 0 amide bonds. The summed E-state index contributed by atoms with van der Waals surface area (Å²) < 4.78 is 2.79. The highest BCUT2D eigenvalue weighted by molar-refractivity contribution is 7.17. The molecular formula is C15H16N6S. The van der Waals surface area contributed by atoms with Gasteiger partial charge < -0.3 is 11.1 Å². The number of aromatic nitrogens is 3. The van der Waals surface area contributed by atoms with Gasteiger partial charge in [0.2, 0.25) is 0 Å². The summed E-state index contributed by atoms with van der Waals surface area (Å²) in [5, 5.41) is 19.5. The van der Waals surface area contributed by atoms with E-state index in [2.05, 4.69) is 21.5 Å². The van der Waals surface area contributed by atoms with Crippen LogP contribution in [0.15, 0.2) is 36.1 Å². The number of nitrogens with zero attached hydrogens (tertiary/aromatic N) is 4. The summed E-state index contributed by atoms with van der Waals surface area (Å²) in [7, 11) is 0. The molecule has 0 aromatic carbocycles. The molecule has 0 saturated carbocycles. The molecule has 6 nitrogen and oxygen atoms in total. The first-order valence-corrected chi connectivity index (χ1v) is 7.73. The summed E-state index contributed by atoms with van der Waals surface area (Å²) >= 11 is 1.56. The minimum absolute atomic E-state index is 0.467. The zero-order valence-corrected chi connectivity index (χ0v) is 13.0. The van der Waals surface area contributed by atoms with Crippen molar-refractivity contribution in [2.24, 2.45) is 5.73 Å². The molecule has 0 saturated heterocycles. The molecular weight excluding hydrogens is 296 g/mol. The third-order valence-electron chi connectivity index (χ3n) is 3.36. The van der Waals surface area contributed by atoms with E-state index in [1.165, 1.54) is 0 Å². The second-order valence-electron chi connectivity index (χ2n) is 5.51. The number of nitrogens with one attached hydrogen (secondary N) is 1. The van der Waals surface area contributed by atoms with Gasteiger partial charge in [-0.3, -0.25) is 4.68 Å². The van der Waals surface area contributed by atoms with Gasteiger partial charge in [-0.25, -0.2) is 4.98 Å². The first-order valence-electron chi connectivity index (χ1n) is 6.85. The van der Waals surface area contributed by atoms with Gasteiger partial charge in [0.05, 0.1) is 16.8 Å². The van der Waals surface area contributed by atoms with Gasteiger partial charge in [0.15, 0.2) is 0 Å². The van der Waals surface area contributed by atoms with E-state index in [1.54, 1.807) is 23.7 Å². The van der Waals surface area contributed by atoms with Crippen molar-refractivity contribution in [3.05, 3.63) is 41.7 Å². The predicted octanol–water partition coefficient (Wildman–Crippen LogP) is 2.19. The molecule has 0 radical (unpaired) electrons. The van der Waals surface area contributed by atoms with E-state index >= 15 is 0 Å². The lowest BCUT2D eigenvalue weighted by Gasteiger charge is -2.25. The maximum atomic E-state index is 9.11. The van der Waals surface area contributed by atoms with Gasteiger partial charge in [0.1, 0.15) is 11.9 Å². The highest BCUT2D eigenvalue weighted by Crippen LogP contribution is 2.29. The summed E-state index contributed by atoms with van der Waals surface area (Å²) in [6.45, 7) is 3.13. The van der Waals surface area contributed by atoms with Gasteiger partial charge in [0.25, 0.3) is 0 Å². The molecule has 3 rings (SSSR count). The lowest BCUT2D eigenvalue weighted by molar-refractivity contribution is 0.393. The first kappa shape index (κ1) is 14.5. The Morgan fingerprint density at radius 3 is 3.14 bits per heavy atom. The summed E-state index contributed by atoms with van der Waals surface area (Å²) in [5.74, 6) is 0.765. The van der Waals surface area contributed by atoms with Crippen LogP contribution < -0.4 is 11.1 Å². The van der Waals surface area contributed by atoms with E-state index < -0.39 is 5.54 Å². The number of hydrogen-bond acceptors (Lipinski definition) is 6. The first-order chi connectivity index (χ1) is 10.6. The Kier molecular flexibility index (Phi) is 3.79. The van der Waals surface area contributed by atoms with Gasteiger partial charge >= 0.3 is 0 Å². The zero-order valence-electron chi connectivity index (χ0n) is 12.2. The summed E-state index contributed by atoms with van der Waals surface area (Å²) in [6, 6.07) is 5.98. The number of hydrogen-bond donors (Lipinski definition) is 2. The van der Waals surface area contributed by atoms with Crippen LogP contribution in [0.5, 0.6) is 0 Å². The van der Waals surface area contributed by atoms with Gasteiger partial charge in [-0.15, -0.1) is 11.3 Å². The molecule has 1 unspecified atom stereocenters. The molecule has 22 heavy (non-hydrogen) atoms. The van der Waals surface area contributed by atoms with Crippen molar-refractivity contribution >= 4 is 27.2 Å². The molecule has 7 heteroatoms. The quantitative estimate of drug-likeness (QED) is 0.753. The van der Waals surface area contributed by atoms with Gasteiger partial charge in [0, 0.05) is 36.1 Å². The van der Waals surface area contributed by atoms with E-state index in [9.17, 15) is 0 Å². The van der Waals surface area contributed by atoms with Gasteiger partial charge in [-0.05, 0) is 24.4 Å². The lowest BCUT2D eigenvalue weighted by atomic mass is 10.0. The molecule has 1 atom stereocenters. The maximum Gasteiger partial charge on any atom is 0.144 e. The molecule has 0 spiro atoms. The van der Waals surface area contributed by atoms with Crippen molar-refractivity contribution < 1.29 is 0 Å². The van der Waals surface area contributed by atoms with Crippen molar-refractivity contribution in [3.63, 3.8) is 0 Å². The number of nitriles is 1. The Balaban J connectivity index is 1.76. The van der Waals surface area contributed by atoms with Crippen LogP contribution in [-0.4, -0.2) is 26.8 Å². The third-order valence-corrected chi connectivity index (χ3v) is 4.28. The minimum Gasteiger partial charge on any atom is -0.367 e. The fraction of sp³-hybridized carbons (Fsp3) is 0.267. The van der Waals surface area contributed by atoms with E-state index in [4.69, 9.17) is 11.0 Å². The molecule has 0 bridgehead atoms. The van der Waals surface area contributed by atoms with Crippen LogP contribution in [0.1, 0.15) is 12.5 Å². The van der Waals surface area contributed by atoms with Gasteiger partial charge in [-0.2, -0.15) is 10.4 Å². The molecule has 3 heterocycles. The Labute approximate surface area is 132 Å². The SMILES string of the molecule is CC(N)(CNc1ncc(C#N)c2ccsc12)Cn1cccn1. The Hall–Kier alpha value is -2.43. The standard InChI is InChI=1S/C15H16N6S/c1-15(17,10-21-5-2-4-20-21)9-19-14-13-12(3-6-22-13)11(7-16)8-18-14/h2-6,8H,9-10,17H2,1H3,(H,18,19). The van der Waals surface area contributed by atoms with Crippen LogP contribution >= 0.6 is 11.3 Å². The fourth-order valence-electron chi connectivity index (χ4n) is 2.28. The number of thiophene rings is 1. The van der Waals surface area contributed by atoms with E-state index in [-0.39, 0.29) is 0 Å². The van der Waals surface area contributed by atoms with Crippen LogP contribution in [0.2, 0.25) is 0 Å². The smallest absolute Gasteiger partial charge is 0.144 e. The normalized spacial score (nSPS) is 13.7. The molecule has 0 fully saturated rings. The van der Waals surface area contributed by atoms with Crippen molar-refractivity contribution in [1.82, 2.24) is 14.8 Å². The van der Waals surface area contributed by atoms with E-state index in [1.807, 2.05) is 35.3 Å². The van der Waals surface area contributed by atoms with Crippen molar-refractivity contribution in [2.45, 2.75) is 19.0 Å². The molecule has 112 valence electrons. The van der Waals surface area contributed by atoms with Crippen LogP contribution in [-0.2, 0) is 6.54 Å². The second kappa shape index (κ2) is 5.75.